The molecule has 0 fully saturated rings. The van der Waals surface area contributed by atoms with E-state index >= 15 is 0 Å². The number of hydrogen-bond acceptors (Lipinski definition) is 4. The Hall–Kier alpha value is -1.75. The average molecular weight is 265 g/mol. The van der Waals surface area contributed by atoms with Crippen LogP contribution in [0.5, 0.6) is 11.5 Å². The maximum absolute atomic E-state index is 12.2. The van der Waals surface area contributed by atoms with E-state index in [1.165, 1.54) is 7.11 Å². The van der Waals surface area contributed by atoms with Crippen molar-refractivity contribution in [3.63, 3.8) is 0 Å². The van der Waals surface area contributed by atoms with Crippen LogP contribution in [-0.4, -0.2) is 23.7 Å². The fourth-order valence-corrected chi connectivity index (χ4v) is 2.29. The van der Waals surface area contributed by atoms with E-state index in [1.807, 2.05) is 13.8 Å². The summed E-state index contributed by atoms with van der Waals surface area (Å²) in [6.07, 6.45) is 1.17. The number of methoxy groups -OCH3 is 1. The Bertz CT molecular complexity index is 494. The molecule has 1 amide bonds. The number of hydrogen-bond donors (Lipinski definition) is 2. The summed E-state index contributed by atoms with van der Waals surface area (Å²) < 4.78 is 11.2. The molecule has 0 bridgehead atoms. The van der Waals surface area contributed by atoms with Crippen LogP contribution >= 0.6 is 0 Å². The maximum Gasteiger partial charge on any atom is 0.268 e. The number of amides is 1. The van der Waals surface area contributed by atoms with Gasteiger partial charge in [0.2, 0.25) is 0 Å². The van der Waals surface area contributed by atoms with Gasteiger partial charge in [-0.25, -0.2) is 0 Å². The second kappa shape index (κ2) is 5.09. The molecular formula is C14H19NO4. The molecule has 1 aromatic carbocycles. The van der Waals surface area contributed by atoms with E-state index in [0.717, 1.165) is 0 Å². The molecule has 0 saturated heterocycles. The average Bonchev–Trinajstić information content (AvgIpc) is 2.45. The summed E-state index contributed by atoms with van der Waals surface area (Å²) in [7, 11) is 1.54. The standard InChI is InChI=1S/C14H19NO4/c1-4-14(5-2)13(17)15-10-6-9(8-16)7-11(18-3)12(10)19-14/h6-7,16H,4-5,8H2,1-3H3,(H,15,17). The molecule has 5 heteroatoms. The first kappa shape index (κ1) is 13.7. The van der Waals surface area contributed by atoms with E-state index in [4.69, 9.17) is 9.47 Å². The summed E-state index contributed by atoms with van der Waals surface area (Å²) in [4.78, 5) is 12.2. The van der Waals surface area contributed by atoms with Crippen molar-refractivity contribution in [1.29, 1.82) is 0 Å². The summed E-state index contributed by atoms with van der Waals surface area (Å²) in [5, 5.41) is 12.1. The monoisotopic (exact) mass is 265 g/mol. The van der Waals surface area contributed by atoms with Crippen molar-refractivity contribution >= 4 is 11.6 Å². The van der Waals surface area contributed by atoms with E-state index in [9.17, 15) is 9.90 Å². The van der Waals surface area contributed by atoms with Gasteiger partial charge in [0.15, 0.2) is 17.1 Å². The molecule has 1 aliphatic heterocycles. The van der Waals surface area contributed by atoms with E-state index < -0.39 is 5.60 Å². The maximum atomic E-state index is 12.2. The van der Waals surface area contributed by atoms with Crippen LogP contribution in [-0.2, 0) is 11.4 Å². The molecule has 0 radical (unpaired) electrons. The molecule has 2 N–H and O–H groups in total. The number of nitrogens with one attached hydrogen (secondary N) is 1. The third kappa shape index (κ3) is 2.14. The largest absolute Gasteiger partial charge is 0.493 e. The van der Waals surface area contributed by atoms with Gasteiger partial charge in [-0.1, -0.05) is 13.8 Å². The van der Waals surface area contributed by atoms with Crippen molar-refractivity contribution in [3.8, 4) is 11.5 Å². The number of ether oxygens (including phenoxy) is 2. The first-order valence-corrected chi connectivity index (χ1v) is 6.42. The van der Waals surface area contributed by atoms with Crippen molar-refractivity contribution in [2.24, 2.45) is 0 Å². The van der Waals surface area contributed by atoms with E-state index in [2.05, 4.69) is 5.32 Å². The van der Waals surface area contributed by atoms with Crippen LogP contribution in [0.4, 0.5) is 5.69 Å². The molecule has 19 heavy (non-hydrogen) atoms. The van der Waals surface area contributed by atoms with Crippen LogP contribution in [0.25, 0.3) is 0 Å². The molecular weight excluding hydrogens is 246 g/mol. The van der Waals surface area contributed by atoms with E-state index in [0.29, 0.717) is 35.6 Å². The smallest absolute Gasteiger partial charge is 0.268 e. The number of aliphatic hydroxyl groups is 1. The molecule has 1 aromatic rings. The number of carbonyl (C=O) groups excluding carboxylic acids is 1. The van der Waals surface area contributed by atoms with Gasteiger partial charge < -0.3 is 19.9 Å². The highest BCUT2D eigenvalue weighted by atomic mass is 16.5. The number of carbonyl (C=O) groups is 1. The zero-order valence-corrected chi connectivity index (χ0v) is 11.4. The van der Waals surface area contributed by atoms with Gasteiger partial charge in [-0.15, -0.1) is 0 Å². The normalized spacial score (nSPS) is 16.3. The minimum absolute atomic E-state index is 0.119. The second-order valence-corrected chi connectivity index (χ2v) is 4.59. The zero-order chi connectivity index (χ0) is 14.0. The molecule has 0 aromatic heterocycles. The lowest BCUT2D eigenvalue weighted by atomic mass is 9.93. The quantitative estimate of drug-likeness (QED) is 0.874. The van der Waals surface area contributed by atoms with Gasteiger partial charge in [0, 0.05) is 0 Å². The van der Waals surface area contributed by atoms with Crippen LogP contribution in [0.15, 0.2) is 12.1 Å². The van der Waals surface area contributed by atoms with Crippen LogP contribution in [0, 0.1) is 0 Å². The van der Waals surface area contributed by atoms with Crippen molar-refractivity contribution in [3.05, 3.63) is 17.7 Å². The topological polar surface area (TPSA) is 67.8 Å². The lowest BCUT2D eigenvalue weighted by Crippen LogP contribution is -2.50. The van der Waals surface area contributed by atoms with Gasteiger partial charge >= 0.3 is 0 Å². The third-order valence-corrected chi connectivity index (χ3v) is 3.62. The highest BCUT2D eigenvalue weighted by Gasteiger charge is 2.42. The Balaban J connectivity index is 2.52. The highest BCUT2D eigenvalue weighted by Crippen LogP contribution is 2.44. The Kier molecular flexibility index (Phi) is 3.66. The van der Waals surface area contributed by atoms with Gasteiger partial charge in [-0.2, -0.15) is 0 Å². The Morgan fingerprint density at radius 2 is 2.05 bits per heavy atom. The number of aliphatic hydroxyl groups excluding tert-OH is 1. The SMILES string of the molecule is CCC1(CC)Oc2c(cc(CO)cc2OC)NC1=O. The summed E-state index contributed by atoms with van der Waals surface area (Å²) in [5.41, 5.74) is 0.368. The summed E-state index contributed by atoms with van der Waals surface area (Å²) in [5.74, 6) is 0.901. The van der Waals surface area contributed by atoms with Crippen molar-refractivity contribution < 1.29 is 19.4 Å². The van der Waals surface area contributed by atoms with Gasteiger partial charge in [0.1, 0.15) is 0 Å². The van der Waals surface area contributed by atoms with Crippen LogP contribution in [0.1, 0.15) is 32.3 Å². The first-order valence-electron chi connectivity index (χ1n) is 6.42. The molecule has 5 nitrogen and oxygen atoms in total. The third-order valence-electron chi connectivity index (χ3n) is 3.62. The van der Waals surface area contributed by atoms with Gasteiger partial charge in [0.25, 0.3) is 5.91 Å². The molecule has 0 saturated carbocycles. The van der Waals surface area contributed by atoms with E-state index in [-0.39, 0.29) is 12.5 Å². The van der Waals surface area contributed by atoms with Crippen molar-refractivity contribution in [1.82, 2.24) is 0 Å². The van der Waals surface area contributed by atoms with Gasteiger partial charge in [-0.3, -0.25) is 4.79 Å². The molecule has 104 valence electrons. The molecule has 2 rings (SSSR count). The van der Waals surface area contributed by atoms with Crippen molar-refractivity contribution in [2.75, 3.05) is 12.4 Å². The van der Waals surface area contributed by atoms with Crippen LogP contribution in [0.3, 0.4) is 0 Å². The van der Waals surface area contributed by atoms with Crippen LogP contribution < -0.4 is 14.8 Å². The molecule has 1 aliphatic rings. The minimum Gasteiger partial charge on any atom is -0.493 e. The van der Waals surface area contributed by atoms with E-state index in [1.54, 1.807) is 12.1 Å². The Morgan fingerprint density at radius 1 is 1.37 bits per heavy atom. The molecule has 0 aliphatic carbocycles. The predicted molar refractivity (Wildman–Crippen MR) is 71.5 cm³/mol. The molecule has 0 atom stereocenters. The lowest BCUT2D eigenvalue weighted by Gasteiger charge is -2.36. The molecule has 0 unspecified atom stereocenters. The number of benzene rings is 1. The number of anilines is 1. The second-order valence-electron chi connectivity index (χ2n) is 4.59. The summed E-state index contributed by atoms with van der Waals surface area (Å²) >= 11 is 0. The zero-order valence-electron chi connectivity index (χ0n) is 11.4. The Morgan fingerprint density at radius 3 is 2.58 bits per heavy atom. The van der Waals surface area contributed by atoms with Crippen LogP contribution in [0.2, 0.25) is 0 Å². The lowest BCUT2D eigenvalue weighted by molar-refractivity contribution is -0.133. The first-order chi connectivity index (χ1) is 9.10. The Labute approximate surface area is 112 Å². The minimum atomic E-state index is -0.846. The molecule has 0 spiro atoms. The van der Waals surface area contributed by atoms with Crippen molar-refractivity contribution in [2.45, 2.75) is 38.9 Å². The van der Waals surface area contributed by atoms with Gasteiger partial charge in [-0.05, 0) is 30.5 Å². The summed E-state index contributed by atoms with van der Waals surface area (Å²) in [6, 6.07) is 3.41. The highest BCUT2D eigenvalue weighted by molar-refractivity contribution is 6.01. The number of fused-ring (bicyclic) bond motifs is 1. The molecule has 1 heterocycles. The predicted octanol–water partition coefficient (Wildman–Crippen LogP) is 2.08. The van der Waals surface area contributed by atoms with Gasteiger partial charge in [0.05, 0.1) is 19.4 Å². The fourth-order valence-electron chi connectivity index (χ4n) is 2.29. The summed E-state index contributed by atoms with van der Waals surface area (Å²) in [6.45, 7) is 3.72. The number of rotatable bonds is 4. The fraction of sp³-hybridized carbons (Fsp3) is 0.500.